The molecule has 2 bridgehead atoms. The van der Waals surface area contributed by atoms with Crippen molar-refractivity contribution in [3.05, 3.63) is 35.1 Å². The van der Waals surface area contributed by atoms with Crippen LogP contribution in [0.15, 0.2) is 29.3 Å². The maximum Gasteiger partial charge on any atom is 0.243 e. The second-order valence-corrected chi connectivity index (χ2v) is 9.51. The fourth-order valence-electron chi connectivity index (χ4n) is 4.35. The molecule has 2 aliphatic rings. The molecule has 10 heteroatoms. The first-order chi connectivity index (χ1) is 13.4. The van der Waals surface area contributed by atoms with Gasteiger partial charge in [0.1, 0.15) is 11.4 Å². The zero-order valence-electron chi connectivity index (χ0n) is 15.8. The topological polar surface area (TPSA) is 86.5 Å². The molecular formula is C18H23ClN4O4S. The van der Waals surface area contributed by atoms with Crippen LogP contribution < -0.4 is 4.74 Å². The smallest absolute Gasteiger partial charge is 0.243 e. The van der Waals surface area contributed by atoms with Crippen LogP contribution in [0.4, 0.5) is 0 Å². The van der Waals surface area contributed by atoms with Gasteiger partial charge in [-0.2, -0.15) is 4.31 Å². The highest BCUT2D eigenvalue weighted by molar-refractivity contribution is 7.89. The summed E-state index contributed by atoms with van der Waals surface area (Å²) in [7, 11) is -0.505. The Morgan fingerprint density at radius 3 is 2.50 bits per heavy atom. The molecule has 0 saturated carbocycles. The molecule has 3 heterocycles. The maximum atomic E-state index is 13.3. The number of methoxy groups -OCH3 is 2. The minimum absolute atomic E-state index is 0.0512. The van der Waals surface area contributed by atoms with Crippen LogP contribution in [0.3, 0.4) is 0 Å². The van der Waals surface area contributed by atoms with Crippen molar-refractivity contribution in [2.75, 3.05) is 14.2 Å². The first-order valence-electron chi connectivity index (χ1n) is 9.20. The van der Waals surface area contributed by atoms with Crippen LogP contribution in [0, 0.1) is 0 Å². The van der Waals surface area contributed by atoms with E-state index in [-0.39, 0.29) is 23.0 Å². The van der Waals surface area contributed by atoms with Gasteiger partial charge in [0, 0.05) is 19.2 Å². The highest BCUT2D eigenvalue weighted by Crippen LogP contribution is 2.44. The van der Waals surface area contributed by atoms with Gasteiger partial charge in [-0.05, 0) is 43.9 Å². The number of piperidine rings is 1. The van der Waals surface area contributed by atoms with E-state index in [2.05, 4.69) is 10.3 Å². The number of halogens is 1. The Labute approximate surface area is 169 Å². The van der Waals surface area contributed by atoms with Crippen molar-refractivity contribution in [3.8, 4) is 5.75 Å². The van der Waals surface area contributed by atoms with E-state index in [1.165, 1.54) is 13.2 Å². The van der Waals surface area contributed by atoms with Crippen molar-refractivity contribution in [1.29, 1.82) is 0 Å². The van der Waals surface area contributed by atoms with Crippen molar-refractivity contribution < 1.29 is 17.9 Å². The molecule has 0 spiro atoms. The summed E-state index contributed by atoms with van der Waals surface area (Å²) in [6.07, 6.45) is 5.03. The van der Waals surface area contributed by atoms with E-state index in [1.54, 1.807) is 23.5 Å². The first kappa shape index (κ1) is 19.6. The molecule has 0 amide bonds. The summed E-state index contributed by atoms with van der Waals surface area (Å²) in [5.74, 6) is 0.459. The van der Waals surface area contributed by atoms with E-state index in [4.69, 9.17) is 21.1 Å². The van der Waals surface area contributed by atoms with Gasteiger partial charge in [-0.3, -0.25) is 0 Å². The quantitative estimate of drug-likeness (QED) is 0.705. The number of nitrogens with zero attached hydrogens (tertiary/aromatic N) is 4. The number of hydrogen-bond donors (Lipinski definition) is 0. The molecule has 2 aromatic rings. The molecule has 28 heavy (non-hydrogen) atoms. The number of benzene rings is 1. The number of sulfonamides is 1. The molecule has 0 radical (unpaired) electrons. The third kappa shape index (κ3) is 3.41. The van der Waals surface area contributed by atoms with Gasteiger partial charge in [0.2, 0.25) is 10.0 Å². The lowest BCUT2D eigenvalue weighted by molar-refractivity contribution is 0.180. The van der Waals surface area contributed by atoms with Gasteiger partial charge in [-0.25, -0.2) is 13.1 Å². The molecule has 8 nitrogen and oxygen atoms in total. The Bertz CT molecular complexity index is 950. The highest BCUT2D eigenvalue weighted by Gasteiger charge is 2.48. The average Bonchev–Trinajstić information content (AvgIpc) is 3.25. The molecular weight excluding hydrogens is 404 g/mol. The van der Waals surface area contributed by atoms with Gasteiger partial charge < -0.3 is 9.47 Å². The Balaban J connectivity index is 1.56. The lowest BCUT2D eigenvalue weighted by atomic mass is 10.00. The molecule has 152 valence electrons. The minimum Gasteiger partial charge on any atom is -0.495 e. The second kappa shape index (κ2) is 7.62. The first-order valence-corrected chi connectivity index (χ1v) is 11.0. The van der Waals surface area contributed by atoms with Gasteiger partial charge >= 0.3 is 0 Å². The van der Waals surface area contributed by atoms with Crippen LogP contribution in [-0.4, -0.2) is 54.0 Å². The van der Waals surface area contributed by atoms with Crippen molar-refractivity contribution >= 4 is 21.6 Å². The van der Waals surface area contributed by atoms with Crippen LogP contribution in [0.1, 0.15) is 37.4 Å². The molecule has 0 N–H and O–H groups in total. The number of hydrogen-bond acceptors (Lipinski definition) is 6. The standard InChI is InChI=1S/C18H23ClN4O4S/c1-26-11-12-10-22(21-20-12)15-7-13-3-4-14(8-15)23(13)28(24,25)16-5-6-18(27-2)17(19)9-16/h5-6,9-10,13-15H,3-4,7-8,11H2,1-2H3. The van der Waals surface area contributed by atoms with E-state index in [0.29, 0.717) is 17.4 Å². The monoisotopic (exact) mass is 426 g/mol. The Kier molecular flexibility index (Phi) is 5.34. The molecule has 4 rings (SSSR count). The van der Waals surface area contributed by atoms with Crippen LogP contribution in [0.2, 0.25) is 5.02 Å². The van der Waals surface area contributed by atoms with Crippen molar-refractivity contribution in [2.24, 2.45) is 0 Å². The fourth-order valence-corrected chi connectivity index (χ4v) is 6.59. The van der Waals surface area contributed by atoms with Crippen molar-refractivity contribution in [1.82, 2.24) is 19.3 Å². The summed E-state index contributed by atoms with van der Waals surface area (Å²) in [5.41, 5.74) is 0.776. The minimum atomic E-state index is -3.63. The van der Waals surface area contributed by atoms with E-state index in [1.807, 2.05) is 10.9 Å². The lowest BCUT2D eigenvalue weighted by Crippen LogP contribution is -2.46. The van der Waals surface area contributed by atoms with Gasteiger partial charge in [0.15, 0.2) is 0 Å². The Morgan fingerprint density at radius 1 is 1.18 bits per heavy atom. The molecule has 1 aromatic carbocycles. The average molecular weight is 427 g/mol. The summed E-state index contributed by atoms with van der Waals surface area (Å²) >= 11 is 6.16. The summed E-state index contributed by atoms with van der Waals surface area (Å²) in [4.78, 5) is 0.205. The summed E-state index contributed by atoms with van der Waals surface area (Å²) in [5, 5.41) is 8.63. The SMILES string of the molecule is COCc1cn(C2CC3CCC(C2)N3S(=O)(=O)c2ccc(OC)c(Cl)c2)nn1. The fraction of sp³-hybridized carbons (Fsp3) is 0.556. The largest absolute Gasteiger partial charge is 0.495 e. The molecule has 2 fully saturated rings. The van der Waals surface area contributed by atoms with Gasteiger partial charge in [-0.15, -0.1) is 5.10 Å². The summed E-state index contributed by atoms with van der Waals surface area (Å²) < 4.78 is 40.4. The predicted molar refractivity (Wildman–Crippen MR) is 103 cm³/mol. The molecule has 2 atom stereocenters. The molecule has 1 aromatic heterocycles. The Hall–Kier alpha value is -1.68. The van der Waals surface area contributed by atoms with E-state index in [0.717, 1.165) is 31.4 Å². The van der Waals surface area contributed by atoms with Gasteiger partial charge in [0.25, 0.3) is 0 Å². The van der Waals surface area contributed by atoms with Crippen LogP contribution >= 0.6 is 11.6 Å². The molecule has 0 aliphatic carbocycles. The third-order valence-electron chi connectivity index (χ3n) is 5.56. The van der Waals surface area contributed by atoms with E-state index in [9.17, 15) is 8.42 Å². The second-order valence-electron chi connectivity index (χ2n) is 7.26. The number of aromatic nitrogens is 3. The van der Waals surface area contributed by atoms with Crippen molar-refractivity contribution in [3.63, 3.8) is 0 Å². The van der Waals surface area contributed by atoms with Gasteiger partial charge in [0.05, 0.1) is 35.9 Å². The number of rotatable bonds is 6. The van der Waals surface area contributed by atoms with Crippen molar-refractivity contribution in [2.45, 2.75) is 55.3 Å². The maximum absolute atomic E-state index is 13.3. The van der Waals surface area contributed by atoms with Gasteiger partial charge in [-0.1, -0.05) is 16.8 Å². The number of fused-ring (bicyclic) bond motifs is 2. The molecule has 2 saturated heterocycles. The predicted octanol–water partition coefficient (Wildman–Crippen LogP) is 2.64. The molecule has 2 unspecified atom stereocenters. The zero-order chi connectivity index (χ0) is 19.9. The van der Waals surface area contributed by atoms with Crippen LogP contribution in [0.5, 0.6) is 5.75 Å². The zero-order valence-corrected chi connectivity index (χ0v) is 17.4. The number of ether oxygens (including phenoxy) is 2. The highest BCUT2D eigenvalue weighted by atomic mass is 35.5. The van der Waals surface area contributed by atoms with Crippen LogP contribution in [-0.2, 0) is 21.4 Å². The summed E-state index contributed by atoms with van der Waals surface area (Å²) in [6.45, 7) is 0.415. The van der Waals surface area contributed by atoms with E-state index < -0.39 is 10.0 Å². The summed E-state index contributed by atoms with van der Waals surface area (Å²) in [6, 6.07) is 4.66. The lowest BCUT2D eigenvalue weighted by Gasteiger charge is -2.37. The third-order valence-corrected chi connectivity index (χ3v) is 7.86. The molecule has 2 aliphatic heterocycles. The normalized spacial score (nSPS) is 25.2. The van der Waals surface area contributed by atoms with E-state index >= 15 is 0 Å². The van der Waals surface area contributed by atoms with Crippen LogP contribution in [0.25, 0.3) is 0 Å². The Morgan fingerprint density at radius 2 is 1.89 bits per heavy atom.